The average molecular weight is 382 g/mol. The molecule has 3 rings (SSSR count). The molecule has 0 radical (unpaired) electrons. The molecule has 0 amide bonds. The van der Waals surface area contributed by atoms with Crippen LogP contribution in [0.2, 0.25) is 0 Å². The number of aromatic nitrogens is 3. The maximum Gasteiger partial charge on any atom is 0.204 e. The van der Waals surface area contributed by atoms with Crippen molar-refractivity contribution < 1.29 is 4.74 Å². The number of benzene rings is 1. The first-order valence-electron chi connectivity index (χ1n) is 10.0. The van der Waals surface area contributed by atoms with Gasteiger partial charge in [-0.2, -0.15) is 9.61 Å². The molecule has 0 atom stereocenters. The van der Waals surface area contributed by atoms with Gasteiger partial charge in [0, 0.05) is 24.8 Å². The minimum atomic E-state index is 0.720. The molecule has 0 saturated carbocycles. The van der Waals surface area contributed by atoms with Crippen LogP contribution in [0.3, 0.4) is 0 Å². The Bertz CT molecular complexity index is 934. The van der Waals surface area contributed by atoms with Gasteiger partial charge in [0.2, 0.25) is 5.75 Å². The fraction of sp³-hybridized carbons (Fsp3) is 0.455. The number of nitrogens with one attached hydrogen (secondary N) is 1. The molecule has 2 aromatic heterocycles. The highest BCUT2D eigenvalue weighted by Crippen LogP contribution is 2.38. The summed E-state index contributed by atoms with van der Waals surface area (Å²) in [6, 6.07) is 6.29. The molecule has 1 N–H and O–H groups in total. The van der Waals surface area contributed by atoms with Crippen LogP contribution in [0.15, 0.2) is 24.4 Å². The van der Waals surface area contributed by atoms with Crippen molar-refractivity contribution in [2.45, 2.75) is 47.5 Å². The second-order valence-electron chi connectivity index (χ2n) is 7.30. The van der Waals surface area contributed by atoms with Gasteiger partial charge in [-0.05, 0) is 44.7 Å². The van der Waals surface area contributed by atoms with Crippen molar-refractivity contribution in [1.29, 1.82) is 0 Å². The van der Waals surface area contributed by atoms with E-state index in [1.54, 1.807) is 13.3 Å². The van der Waals surface area contributed by atoms with Crippen LogP contribution < -0.4 is 15.0 Å². The molecule has 0 saturated heterocycles. The van der Waals surface area contributed by atoms with Gasteiger partial charge in [0.05, 0.1) is 13.3 Å². The Morgan fingerprint density at radius 1 is 1.07 bits per heavy atom. The van der Waals surface area contributed by atoms with Crippen LogP contribution in [0.4, 0.5) is 17.3 Å². The van der Waals surface area contributed by atoms with E-state index in [2.05, 4.69) is 62.1 Å². The van der Waals surface area contributed by atoms with E-state index in [1.165, 1.54) is 16.7 Å². The number of nitrogens with zero attached hydrogens (tertiary/aromatic N) is 4. The van der Waals surface area contributed by atoms with Crippen molar-refractivity contribution in [2.75, 3.05) is 30.4 Å². The number of fused-ring (bicyclic) bond motifs is 1. The van der Waals surface area contributed by atoms with Crippen LogP contribution in [0.1, 0.15) is 43.4 Å². The second-order valence-corrected chi connectivity index (χ2v) is 7.30. The first-order valence-corrected chi connectivity index (χ1v) is 10.0. The minimum absolute atomic E-state index is 0.720. The van der Waals surface area contributed by atoms with Crippen molar-refractivity contribution in [3.8, 4) is 5.75 Å². The predicted octanol–water partition coefficient (Wildman–Crippen LogP) is 5.03. The first-order chi connectivity index (χ1) is 13.5. The maximum atomic E-state index is 5.88. The third-order valence-corrected chi connectivity index (χ3v) is 4.88. The molecule has 3 aromatic rings. The molecule has 6 nitrogen and oxygen atoms in total. The van der Waals surface area contributed by atoms with Crippen LogP contribution in [-0.2, 0) is 0 Å². The molecule has 28 heavy (non-hydrogen) atoms. The monoisotopic (exact) mass is 381 g/mol. The van der Waals surface area contributed by atoms with Crippen molar-refractivity contribution in [3.05, 3.63) is 41.1 Å². The van der Waals surface area contributed by atoms with Gasteiger partial charge in [-0.15, -0.1) is 0 Å². The third kappa shape index (κ3) is 3.77. The highest BCUT2D eigenvalue weighted by atomic mass is 16.5. The standard InChI is InChI=1S/C22H31N5O/c1-7-11-26(12-8-2)22-20(28-6)21(24-18-9-10-23-27(18)22)25-19-16(4)13-15(3)14-17(19)5/h9-10,13-14H,7-8,11-12H2,1-6H3,(H,24,25). The summed E-state index contributed by atoms with van der Waals surface area (Å²) in [5, 5.41) is 8.06. The van der Waals surface area contributed by atoms with Gasteiger partial charge in [0.15, 0.2) is 17.3 Å². The summed E-state index contributed by atoms with van der Waals surface area (Å²) >= 11 is 0. The molecule has 0 spiro atoms. The van der Waals surface area contributed by atoms with Gasteiger partial charge in [-0.25, -0.2) is 4.98 Å². The van der Waals surface area contributed by atoms with Gasteiger partial charge in [-0.1, -0.05) is 31.5 Å². The highest BCUT2D eigenvalue weighted by molar-refractivity contribution is 5.76. The summed E-state index contributed by atoms with van der Waals surface area (Å²) in [7, 11) is 1.70. The lowest BCUT2D eigenvalue weighted by Crippen LogP contribution is -2.28. The summed E-state index contributed by atoms with van der Waals surface area (Å²) in [6.45, 7) is 12.6. The molecule has 0 aliphatic rings. The SMILES string of the molecule is CCCN(CCC)c1c(OC)c(Nc2c(C)cc(C)cc2C)nc2ccnn12. The van der Waals surface area contributed by atoms with Crippen LogP contribution in [0.25, 0.3) is 5.65 Å². The Morgan fingerprint density at radius 3 is 2.29 bits per heavy atom. The lowest BCUT2D eigenvalue weighted by molar-refractivity contribution is 0.411. The Labute approximate surface area is 167 Å². The third-order valence-electron chi connectivity index (χ3n) is 4.88. The van der Waals surface area contributed by atoms with E-state index in [9.17, 15) is 0 Å². The van der Waals surface area contributed by atoms with Crippen molar-refractivity contribution in [3.63, 3.8) is 0 Å². The molecule has 0 aliphatic heterocycles. The molecular weight excluding hydrogens is 350 g/mol. The zero-order chi connectivity index (χ0) is 20.3. The van der Waals surface area contributed by atoms with E-state index in [1.807, 2.05) is 10.6 Å². The minimum Gasteiger partial charge on any atom is -0.490 e. The summed E-state index contributed by atoms with van der Waals surface area (Å²) in [6.07, 6.45) is 3.88. The molecule has 0 aliphatic carbocycles. The summed E-state index contributed by atoms with van der Waals surface area (Å²) < 4.78 is 7.75. The topological polar surface area (TPSA) is 54.7 Å². The molecular formula is C22H31N5O. The first kappa shape index (κ1) is 20.0. The van der Waals surface area contributed by atoms with E-state index >= 15 is 0 Å². The van der Waals surface area contributed by atoms with Crippen LogP contribution in [0, 0.1) is 20.8 Å². The van der Waals surface area contributed by atoms with E-state index in [0.29, 0.717) is 0 Å². The lowest BCUT2D eigenvalue weighted by Gasteiger charge is -2.27. The van der Waals surface area contributed by atoms with Crippen molar-refractivity contribution in [2.24, 2.45) is 0 Å². The zero-order valence-electron chi connectivity index (χ0n) is 17.8. The summed E-state index contributed by atoms with van der Waals surface area (Å²) in [4.78, 5) is 7.14. The largest absolute Gasteiger partial charge is 0.490 e. The number of methoxy groups -OCH3 is 1. The molecule has 0 fully saturated rings. The number of rotatable bonds is 8. The van der Waals surface area contributed by atoms with E-state index in [4.69, 9.17) is 9.72 Å². The fourth-order valence-electron chi connectivity index (χ4n) is 3.82. The Hall–Kier alpha value is -2.76. The van der Waals surface area contributed by atoms with Crippen LogP contribution in [-0.4, -0.2) is 34.8 Å². The molecule has 2 heterocycles. The maximum absolute atomic E-state index is 5.88. The van der Waals surface area contributed by atoms with E-state index in [-0.39, 0.29) is 0 Å². The van der Waals surface area contributed by atoms with Gasteiger partial charge >= 0.3 is 0 Å². The predicted molar refractivity (Wildman–Crippen MR) is 116 cm³/mol. The molecule has 1 aromatic carbocycles. The second kappa shape index (κ2) is 8.50. The Morgan fingerprint density at radius 2 is 1.71 bits per heavy atom. The molecule has 0 bridgehead atoms. The normalized spacial score (nSPS) is 11.1. The summed E-state index contributed by atoms with van der Waals surface area (Å²) in [5.41, 5.74) is 5.51. The molecule has 0 unspecified atom stereocenters. The van der Waals surface area contributed by atoms with Crippen molar-refractivity contribution >= 4 is 23.0 Å². The molecule has 150 valence electrons. The molecule has 6 heteroatoms. The van der Waals surface area contributed by atoms with Gasteiger partial charge < -0.3 is 15.0 Å². The van der Waals surface area contributed by atoms with Crippen molar-refractivity contribution in [1.82, 2.24) is 14.6 Å². The Kier molecular flexibility index (Phi) is 6.07. The number of ether oxygens (including phenoxy) is 1. The number of hydrogen-bond donors (Lipinski definition) is 1. The van der Waals surface area contributed by atoms with Gasteiger partial charge in [-0.3, -0.25) is 0 Å². The quantitative estimate of drug-likeness (QED) is 0.593. The van der Waals surface area contributed by atoms with Gasteiger partial charge in [0.25, 0.3) is 0 Å². The fourth-order valence-corrected chi connectivity index (χ4v) is 3.82. The van der Waals surface area contributed by atoms with Gasteiger partial charge in [0.1, 0.15) is 0 Å². The van der Waals surface area contributed by atoms with Crippen LogP contribution >= 0.6 is 0 Å². The lowest BCUT2D eigenvalue weighted by atomic mass is 10.1. The Balaban J connectivity index is 2.18. The number of anilines is 3. The summed E-state index contributed by atoms with van der Waals surface area (Å²) in [5.74, 6) is 2.39. The van der Waals surface area contributed by atoms with Crippen LogP contribution in [0.5, 0.6) is 5.75 Å². The average Bonchev–Trinajstić information content (AvgIpc) is 3.11. The zero-order valence-corrected chi connectivity index (χ0v) is 17.8. The highest BCUT2D eigenvalue weighted by Gasteiger charge is 2.22. The van der Waals surface area contributed by atoms with E-state index in [0.717, 1.165) is 54.7 Å². The number of aryl methyl sites for hydroxylation is 3. The number of hydrogen-bond acceptors (Lipinski definition) is 5. The van der Waals surface area contributed by atoms with E-state index < -0.39 is 0 Å². The smallest absolute Gasteiger partial charge is 0.204 e.